The molecule has 0 aliphatic rings. The van der Waals surface area contributed by atoms with E-state index in [0.717, 1.165) is 5.75 Å². The molecule has 20 heavy (non-hydrogen) atoms. The zero-order valence-electron chi connectivity index (χ0n) is 10.8. The van der Waals surface area contributed by atoms with Crippen molar-refractivity contribution in [3.8, 4) is 5.75 Å². The number of benzene rings is 2. The molecule has 0 spiro atoms. The lowest BCUT2D eigenvalue weighted by atomic mass is 10.1. The van der Waals surface area contributed by atoms with E-state index in [4.69, 9.17) is 22.1 Å². The van der Waals surface area contributed by atoms with Gasteiger partial charge >= 0.3 is 0 Å². The van der Waals surface area contributed by atoms with Gasteiger partial charge in [-0.1, -0.05) is 29.8 Å². The van der Waals surface area contributed by atoms with Crippen LogP contribution in [0.4, 0.5) is 0 Å². The van der Waals surface area contributed by atoms with Crippen molar-refractivity contribution in [3.05, 3.63) is 64.0 Å². The fourth-order valence-electron chi connectivity index (χ4n) is 2.13. The number of ether oxygens (including phenoxy) is 1. The van der Waals surface area contributed by atoms with Gasteiger partial charge in [-0.25, -0.2) is 0 Å². The van der Waals surface area contributed by atoms with Gasteiger partial charge in [0, 0.05) is 21.1 Å². The van der Waals surface area contributed by atoms with Crippen molar-refractivity contribution in [1.29, 1.82) is 0 Å². The normalized spacial score (nSPS) is 10.9. The lowest BCUT2D eigenvalue weighted by Crippen LogP contribution is -1.95. The number of hydrogen-bond acceptors (Lipinski definition) is 3. The molecule has 3 aromatic rings. The maximum Gasteiger partial charge on any atom is 0.122 e. The molecule has 1 heterocycles. The Labute approximate surface area is 126 Å². The van der Waals surface area contributed by atoms with E-state index in [1.807, 2.05) is 30.3 Å². The van der Waals surface area contributed by atoms with E-state index in [9.17, 15) is 0 Å². The SMILES string of the molecule is NCc1cccc2sc(COc3cccc(Cl)c3)cc12. The summed E-state index contributed by atoms with van der Waals surface area (Å²) >= 11 is 7.68. The number of hydrogen-bond donors (Lipinski definition) is 1. The highest BCUT2D eigenvalue weighted by Crippen LogP contribution is 2.29. The molecule has 1 aromatic heterocycles. The number of rotatable bonds is 4. The third-order valence-electron chi connectivity index (χ3n) is 3.10. The lowest BCUT2D eigenvalue weighted by Gasteiger charge is -2.04. The fourth-order valence-corrected chi connectivity index (χ4v) is 3.34. The summed E-state index contributed by atoms with van der Waals surface area (Å²) in [5.74, 6) is 0.786. The van der Waals surface area contributed by atoms with Gasteiger partial charge in [-0.2, -0.15) is 0 Å². The molecule has 2 nitrogen and oxygen atoms in total. The van der Waals surface area contributed by atoms with Crippen LogP contribution in [0.5, 0.6) is 5.75 Å². The quantitative estimate of drug-likeness (QED) is 0.765. The van der Waals surface area contributed by atoms with E-state index >= 15 is 0 Å². The predicted molar refractivity (Wildman–Crippen MR) is 85.5 cm³/mol. The summed E-state index contributed by atoms with van der Waals surface area (Å²) < 4.78 is 7.02. The van der Waals surface area contributed by atoms with Crippen molar-refractivity contribution < 1.29 is 4.74 Å². The third-order valence-corrected chi connectivity index (χ3v) is 4.41. The predicted octanol–water partition coefficient (Wildman–Crippen LogP) is 4.59. The van der Waals surface area contributed by atoms with Crippen LogP contribution in [0.1, 0.15) is 10.4 Å². The molecule has 4 heteroatoms. The standard InChI is InChI=1S/C16H14ClNOS/c17-12-4-2-5-13(7-12)19-10-14-8-15-11(9-18)3-1-6-16(15)20-14/h1-8H,9-10,18H2. The van der Waals surface area contributed by atoms with Gasteiger partial charge in [0.15, 0.2) is 0 Å². The molecule has 0 bridgehead atoms. The Bertz CT molecular complexity index is 738. The molecular weight excluding hydrogens is 290 g/mol. The van der Waals surface area contributed by atoms with Gasteiger partial charge in [0.1, 0.15) is 12.4 Å². The summed E-state index contributed by atoms with van der Waals surface area (Å²) in [4.78, 5) is 1.18. The Balaban J connectivity index is 1.81. The zero-order chi connectivity index (χ0) is 13.9. The lowest BCUT2D eigenvalue weighted by molar-refractivity contribution is 0.310. The van der Waals surface area contributed by atoms with Crippen LogP contribution in [0.15, 0.2) is 48.5 Å². The van der Waals surface area contributed by atoms with Crippen molar-refractivity contribution >= 4 is 33.0 Å². The molecule has 0 amide bonds. The molecule has 0 unspecified atom stereocenters. The first kappa shape index (κ1) is 13.4. The van der Waals surface area contributed by atoms with Gasteiger partial charge in [-0.3, -0.25) is 0 Å². The molecule has 102 valence electrons. The Hall–Kier alpha value is -1.55. The van der Waals surface area contributed by atoms with Crippen LogP contribution in [-0.2, 0) is 13.2 Å². The fraction of sp³-hybridized carbons (Fsp3) is 0.125. The van der Waals surface area contributed by atoms with Gasteiger partial charge in [0.2, 0.25) is 0 Å². The van der Waals surface area contributed by atoms with Crippen LogP contribution >= 0.6 is 22.9 Å². The average Bonchev–Trinajstić information content (AvgIpc) is 2.88. The van der Waals surface area contributed by atoms with Crippen LogP contribution in [0.25, 0.3) is 10.1 Å². The van der Waals surface area contributed by atoms with Crippen LogP contribution in [0.2, 0.25) is 5.02 Å². The Morgan fingerprint density at radius 2 is 1.95 bits per heavy atom. The minimum atomic E-state index is 0.545. The van der Waals surface area contributed by atoms with E-state index in [-0.39, 0.29) is 0 Å². The first-order chi connectivity index (χ1) is 9.76. The van der Waals surface area contributed by atoms with Crippen molar-refractivity contribution in [2.24, 2.45) is 5.73 Å². The highest BCUT2D eigenvalue weighted by Gasteiger charge is 2.06. The molecule has 0 atom stereocenters. The molecular formula is C16H14ClNOS. The van der Waals surface area contributed by atoms with E-state index < -0.39 is 0 Å². The minimum Gasteiger partial charge on any atom is -0.488 e. The Morgan fingerprint density at radius 3 is 2.75 bits per heavy atom. The third kappa shape index (κ3) is 2.80. The Morgan fingerprint density at radius 1 is 1.10 bits per heavy atom. The first-order valence-electron chi connectivity index (χ1n) is 6.35. The highest BCUT2D eigenvalue weighted by molar-refractivity contribution is 7.19. The van der Waals surface area contributed by atoms with E-state index in [0.29, 0.717) is 18.2 Å². The summed E-state index contributed by atoms with van der Waals surface area (Å²) in [6.07, 6.45) is 0. The van der Waals surface area contributed by atoms with E-state index in [1.54, 1.807) is 11.3 Å². The largest absolute Gasteiger partial charge is 0.488 e. The zero-order valence-corrected chi connectivity index (χ0v) is 12.4. The molecule has 0 saturated heterocycles. The van der Waals surface area contributed by atoms with Gasteiger partial charge in [-0.05, 0) is 41.3 Å². The van der Waals surface area contributed by atoms with Gasteiger partial charge in [-0.15, -0.1) is 11.3 Å². The first-order valence-corrected chi connectivity index (χ1v) is 7.54. The molecule has 2 N–H and O–H groups in total. The smallest absolute Gasteiger partial charge is 0.122 e. The molecule has 0 saturated carbocycles. The Kier molecular flexibility index (Phi) is 3.92. The van der Waals surface area contributed by atoms with Crippen LogP contribution in [0.3, 0.4) is 0 Å². The summed E-state index contributed by atoms with van der Waals surface area (Å²) in [6.45, 7) is 1.10. The molecule has 0 fully saturated rings. The van der Waals surface area contributed by atoms with E-state index in [2.05, 4.69) is 18.2 Å². The summed E-state index contributed by atoms with van der Waals surface area (Å²) in [6, 6.07) is 15.8. The minimum absolute atomic E-state index is 0.545. The second-order valence-corrected chi connectivity index (χ2v) is 6.10. The summed E-state index contributed by atoms with van der Waals surface area (Å²) in [5.41, 5.74) is 6.94. The second-order valence-electron chi connectivity index (χ2n) is 4.49. The number of halogens is 1. The highest BCUT2D eigenvalue weighted by atomic mass is 35.5. The molecule has 3 rings (SSSR count). The van der Waals surface area contributed by atoms with Crippen molar-refractivity contribution in [2.45, 2.75) is 13.2 Å². The van der Waals surface area contributed by atoms with Crippen molar-refractivity contribution in [3.63, 3.8) is 0 Å². The average molecular weight is 304 g/mol. The van der Waals surface area contributed by atoms with Crippen molar-refractivity contribution in [1.82, 2.24) is 0 Å². The van der Waals surface area contributed by atoms with Crippen LogP contribution < -0.4 is 10.5 Å². The molecule has 0 aliphatic heterocycles. The van der Waals surface area contributed by atoms with Gasteiger partial charge < -0.3 is 10.5 Å². The van der Waals surface area contributed by atoms with Gasteiger partial charge in [0.05, 0.1) is 0 Å². The summed E-state index contributed by atoms with van der Waals surface area (Å²) in [5, 5.41) is 1.91. The van der Waals surface area contributed by atoms with Crippen molar-refractivity contribution in [2.75, 3.05) is 0 Å². The van der Waals surface area contributed by atoms with Crippen LogP contribution in [0, 0.1) is 0 Å². The number of fused-ring (bicyclic) bond motifs is 1. The number of nitrogens with two attached hydrogens (primary N) is 1. The maximum absolute atomic E-state index is 5.94. The van der Waals surface area contributed by atoms with Gasteiger partial charge in [0.25, 0.3) is 0 Å². The monoisotopic (exact) mass is 303 g/mol. The number of thiophene rings is 1. The maximum atomic E-state index is 5.94. The van der Waals surface area contributed by atoms with Crippen LogP contribution in [-0.4, -0.2) is 0 Å². The molecule has 0 radical (unpaired) electrons. The topological polar surface area (TPSA) is 35.2 Å². The summed E-state index contributed by atoms with van der Waals surface area (Å²) in [7, 11) is 0. The molecule has 2 aromatic carbocycles. The second kappa shape index (κ2) is 5.83. The van der Waals surface area contributed by atoms with E-state index in [1.165, 1.54) is 20.5 Å². The molecule has 0 aliphatic carbocycles.